The summed E-state index contributed by atoms with van der Waals surface area (Å²) in [6.45, 7) is 1.27. The van der Waals surface area contributed by atoms with E-state index in [1.165, 1.54) is 25.1 Å². The molecule has 120 valence electrons. The third-order valence-electron chi connectivity index (χ3n) is 3.39. The highest BCUT2D eigenvalue weighted by atomic mass is 16.6. The molecule has 0 saturated heterocycles. The molecule has 0 bridgehead atoms. The fourth-order valence-electron chi connectivity index (χ4n) is 2.27. The summed E-state index contributed by atoms with van der Waals surface area (Å²) in [5, 5.41) is 11.0. The van der Waals surface area contributed by atoms with Gasteiger partial charge in [-0.1, -0.05) is 18.2 Å². The average Bonchev–Trinajstić information content (AvgIpc) is 2.57. The Balaban J connectivity index is 2.24. The van der Waals surface area contributed by atoms with E-state index in [0.29, 0.717) is 5.69 Å². The molecule has 2 aromatic carbocycles. The zero-order chi connectivity index (χ0) is 17.3. The number of Topliss-reactive ketones (excluding diaryl/α,β-unsaturated/α-hetero) is 1. The van der Waals surface area contributed by atoms with Crippen molar-refractivity contribution in [2.45, 2.75) is 6.92 Å². The van der Waals surface area contributed by atoms with E-state index >= 15 is 0 Å². The van der Waals surface area contributed by atoms with E-state index in [0.717, 1.165) is 4.68 Å². The van der Waals surface area contributed by atoms with Gasteiger partial charge in [-0.25, -0.2) is 4.98 Å². The predicted molar refractivity (Wildman–Crippen MR) is 88.1 cm³/mol. The van der Waals surface area contributed by atoms with Crippen LogP contribution in [0.2, 0.25) is 0 Å². The van der Waals surface area contributed by atoms with Gasteiger partial charge in [0.15, 0.2) is 11.6 Å². The molecule has 0 spiro atoms. The number of benzene rings is 2. The van der Waals surface area contributed by atoms with Crippen LogP contribution in [0.1, 0.15) is 17.5 Å². The molecule has 0 saturated carbocycles. The summed E-state index contributed by atoms with van der Waals surface area (Å²) < 4.78 is 1.05. The number of hydrogen-bond donors (Lipinski definition) is 1. The van der Waals surface area contributed by atoms with Crippen molar-refractivity contribution in [3.05, 3.63) is 74.8 Å². The standard InChI is InChI=1S/C16H12N4O4/c1-10(21)15-17-14-9-12(20(23)24)7-8-13(14)16(22)19(15)18-11-5-3-2-4-6-11/h2-9,18H,1H3. The Morgan fingerprint density at radius 3 is 2.54 bits per heavy atom. The van der Waals surface area contributed by atoms with Crippen molar-refractivity contribution in [2.24, 2.45) is 0 Å². The number of non-ortho nitro benzene ring substituents is 1. The van der Waals surface area contributed by atoms with Crippen molar-refractivity contribution < 1.29 is 9.72 Å². The molecule has 0 aliphatic rings. The maximum absolute atomic E-state index is 12.7. The summed E-state index contributed by atoms with van der Waals surface area (Å²) in [7, 11) is 0. The van der Waals surface area contributed by atoms with E-state index in [4.69, 9.17) is 0 Å². The van der Waals surface area contributed by atoms with E-state index < -0.39 is 16.3 Å². The Labute approximate surface area is 135 Å². The van der Waals surface area contributed by atoms with Crippen molar-refractivity contribution in [1.82, 2.24) is 9.66 Å². The van der Waals surface area contributed by atoms with Crippen molar-refractivity contribution in [3.8, 4) is 0 Å². The third-order valence-corrected chi connectivity index (χ3v) is 3.39. The lowest BCUT2D eigenvalue weighted by atomic mass is 10.2. The number of nitro groups is 1. The Bertz CT molecular complexity index is 1010. The second kappa shape index (κ2) is 5.92. The van der Waals surface area contributed by atoms with Gasteiger partial charge in [-0.2, -0.15) is 4.68 Å². The van der Waals surface area contributed by atoms with Gasteiger partial charge in [0.05, 0.1) is 21.5 Å². The van der Waals surface area contributed by atoms with Crippen LogP contribution in [0.15, 0.2) is 53.3 Å². The smallest absolute Gasteiger partial charge is 0.280 e. The van der Waals surface area contributed by atoms with Gasteiger partial charge in [0.25, 0.3) is 11.2 Å². The van der Waals surface area contributed by atoms with Gasteiger partial charge in [-0.15, -0.1) is 0 Å². The molecule has 1 N–H and O–H groups in total. The number of nitro benzene ring substituents is 1. The molecule has 0 aliphatic carbocycles. The number of ketones is 1. The van der Waals surface area contributed by atoms with E-state index in [2.05, 4.69) is 10.4 Å². The zero-order valence-corrected chi connectivity index (χ0v) is 12.6. The van der Waals surface area contributed by atoms with Gasteiger partial charge in [0.2, 0.25) is 0 Å². The highest BCUT2D eigenvalue weighted by molar-refractivity contribution is 5.93. The molecule has 0 unspecified atom stereocenters. The Morgan fingerprint density at radius 1 is 1.21 bits per heavy atom. The predicted octanol–water partition coefficient (Wildman–Crippen LogP) is 2.38. The van der Waals surface area contributed by atoms with Crippen molar-refractivity contribution >= 4 is 28.1 Å². The van der Waals surface area contributed by atoms with Crippen LogP contribution in [-0.2, 0) is 0 Å². The molecule has 0 radical (unpaired) electrons. The molecule has 3 aromatic rings. The first-order valence-electron chi connectivity index (χ1n) is 7.01. The number of para-hydroxylation sites is 1. The molecule has 0 fully saturated rings. The van der Waals surface area contributed by atoms with Gasteiger partial charge in [-0.3, -0.25) is 25.1 Å². The van der Waals surface area contributed by atoms with Crippen LogP contribution in [-0.4, -0.2) is 20.4 Å². The molecule has 0 amide bonds. The summed E-state index contributed by atoms with van der Waals surface area (Å²) in [6, 6.07) is 12.6. The van der Waals surface area contributed by atoms with Gasteiger partial charge < -0.3 is 0 Å². The highest BCUT2D eigenvalue weighted by Crippen LogP contribution is 2.17. The lowest BCUT2D eigenvalue weighted by molar-refractivity contribution is -0.384. The van der Waals surface area contributed by atoms with Crippen molar-refractivity contribution in [2.75, 3.05) is 5.43 Å². The first kappa shape index (κ1) is 15.3. The number of hydrogen-bond acceptors (Lipinski definition) is 6. The van der Waals surface area contributed by atoms with Crippen molar-refractivity contribution in [1.29, 1.82) is 0 Å². The van der Waals surface area contributed by atoms with Gasteiger partial charge in [0.1, 0.15) is 0 Å². The molecule has 0 atom stereocenters. The van der Waals surface area contributed by atoms with Crippen LogP contribution in [0, 0.1) is 10.1 Å². The fourth-order valence-corrected chi connectivity index (χ4v) is 2.27. The minimum absolute atomic E-state index is 0.102. The van der Waals surface area contributed by atoms with Crippen LogP contribution >= 0.6 is 0 Å². The number of anilines is 1. The number of aromatic nitrogens is 2. The largest absolute Gasteiger partial charge is 0.291 e. The molecule has 24 heavy (non-hydrogen) atoms. The lowest BCUT2D eigenvalue weighted by Gasteiger charge is -2.13. The molecule has 3 rings (SSSR count). The van der Waals surface area contributed by atoms with Gasteiger partial charge in [0, 0.05) is 19.1 Å². The maximum atomic E-state index is 12.7. The Kier molecular flexibility index (Phi) is 3.78. The molecule has 1 heterocycles. The van der Waals surface area contributed by atoms with E-state index in [1.54, 1.807) is 24.3 Å². The SMILES string of the molecule is CC(=O)c1nc2cc([N+](=O)[O-])ccc2c(=O)n1Nc1ccccc1. The first-order valence-corrected chi connectivity index (χ1v) is 7.01. The monoisotopic (exact) mass is 324 g/mol. The van der Waals surface area contributed by atoms with Gasteiger partial charge in [-0.05, 0) is 18.2 Å². The Hall–Kier alpha value is -3.55. The van der Waals surface area contributed by atoms with Crippen LogP contribution in [0.4, 0.5) is 11.4 Å². The summed E-state index contributed by atoms with van der Waals surface area (Å²) in [4.78, 5) is 39.0. The second-order valence-corrected chi connectivity index (χ2v) is 5.07. The third kappa shape index (κ3) is 2.72. The number of fused-ring (bicyclic) bond motifs is 1. The number of nitrogens with zero attached hydrogens (tertiary/aromatic N) is 3. The van der Waals surface area contributed by atoms with E-state index in [-0.39, 0.29) is 22.4 Å². The minimum atomic E-state index is -0.581. The van der Waals surface area contributed by atoms with Crippen LogP contribution in [0.5, 0.6) is 0 Å². The zero-order valence-electron chi connectivity index (χ0n) is 12.6. The topological polar surface area (TPSA) is 107 Å². The van der Waals surface area contributed by atoms with Crippen LogP contribution in [0.3, 0.4) is 0 Å². The molecule has 1 aromatic heterocycles. The number of carbonyl (C=O) groups is 1. The summed E-state index contributed by atoms with van der Waals surface area (Å²) >= 11 is 0. The maximum Gasteiger partial charge on any atom is 0.280 e. The van der Waals surface area contributed by atoms with E-state index in [9.17, 15) is 19.7 Å². The second-order valence-electron chi connectivity index (χ2n) is 5.07. The number of nitrogens with one attached hydrogen (secondary N) is 1. The molecular formula is C16H12N4O4. The number of rotatable bonds is 4. The quantitative estimate of drug-likeness (QED) is 0.448. The molecule has 0 aliphatic heterocycles. The molecular weight excluding hydrogens is 312 g/mol. The van der Waals surface area contributed by atoms with Gasteiger partial charge >= 0.3 is 0 Å². The van der Waals surface area contributed by atoms with Crippen molar-refractivity contribution in [3.63, 3.8) is 0 Å². The average molecular weight is 324 g/mol. The molecule has 8 heteroatoms. The molecule has 8 nitrogen and oxygen atoms in total. The Morgan fingerprint density at radius 2 is 1.92 bits per heavy atom. The summed E-state index contributed by atoms with van der Waals surface area (Å²) in [6.07, 6.45) is 0. The summed E-state index contributed by atoms with van der Waals surface area (Å²) in [5.41, 5.74) is 2.84. The van der Waals surface area contributed by atoms with E-state index in [1.807, 2.05) is 6.07 Å². The summed E-state index contributed by atoms with van der Waals surface area (Å²) in [5.74, 6) is -0.569. The minimum Gasteiger partial charge on any atom is -0.291 e. The number of carbonyl (C=O) groups excluding carboxylic acids is 1. The first-order chi connectivity index (χ1) is 11.5. The van der Waals surface area contributed by atoms with Crippen LogP contribution < -0.4 is 11.0 Å². The highest BCUT2D eigenvalue weighted by Gasteiger charge is 2.17. The fraction of sp³-hybridized carbons (Fsp3) is 0.0625. The van der Waals surface area contributed by atoms with Crippen LogP contribution in [0.25, 0.3) is 10.9 Å². The normalized spacial score (nSPS) is 10.5. The lowest BCUT2D eigenvalue weighted by Crippen LogP contribution is -2.32.